The number of amides is 2. The summed E-state index contributed by atoms with van der Waals surface area (Å²) in [6, 6.07) is 7.73. The first-order valence-electron chi connectivity index (χ1n) is 10.3. The Labute approximate surface area is 196 Å². The molecule has 0 aromatic heterocycles. The normalized spacial score (nSPS) is 16.0. The maximum atomic E-state index is 14.0. The SMILES string of the molecule is CC(C)C(NC(=O)c1ccc(Cl)cc1)C(=O)N1CCN(S(=O)(=O)c2ccc(F)cc2F)CC1. The second-order valence-corrected chi connectivity index (χ2v) is 10.3. The molecule has 0 radical (unpaired) electrons. The van der Waals surface area contributed by atoms with E-state index in [1.807, 2.05) is 0 Å². The monoisotopic (exact) mass is 499 g/mol. The number of hydrogen-bond donors (Lipinski definition) is 1. The van der Waals surface area contributed by atoms with Crippen LogP contribution in [0.4, 0.5) is 8.78 Å². The lowest BCUT2D eigenvalue weighted by molar-refractivity contribution is -0.135. The van der Waals surface area contributed by atoms with Gasteiger partial charge < -0.3 is 10.2 Å². The molecule has 7 nitrogen and oxygen atoms in total. The molecule has 1 N–H and O–H groups in total. The lowest BCUT2D eigenvalue weighted by atomic mass is 10.0. The van der Waals surface area contributed by atoms with E-state index in [-0.39, 0.29) is 38.0 Å². The quantitative estimate of drug-likeness (QED) is 0.662. The fourth-order valence-electron chi connectivity index (χ4n) is 3.51. The van der Waals surface area contributed by atoms with E-state index in [4.69, 9.17) is 11.6 Å². The number of nitrogens with zero attached hydrogens (tertiary/aromatic N) is 2. The first-order chi connectivity index (χ1) is 15.5. The van der Waals surface area contributed by atoms with E-state index in [1.54, 1.807) is 38.1 Å². The van der Waals surface area contributed by atoms with E-state index in [0.29, 0.717) is 16.7 Å². The van der Waals surface area contributed by atoms with Gasteiger partial charge in [-0.2, -0.15) is 4.31 Å². The zero-order chi connectivity index (χ0) is 24.3. The predicted molar refractivity (Wildman–Crippen MR) is 119 cm³/mol. The summed E-state index contributed by atoms with van der Waals surface area (Å²) in [5, 5.41) is 3.22. The molecule has 2 aromatic carbocycles. The van der Waals surface area contributed by atoms with Gasteiger partial charge in [0, 0.05) is 42.8 Å². The molecule has 2 amide bonds. The molecule has 11 heteroatoms. The molecule has 2 aromatic rings. The Morgan fingerprint density at radius 1 is 1.00 bits per heavy atom. The Balaban J connectivity index is 1.67. The highest BCUT2D eigenvalue weighted by atomic mass is 35.5. The van der Waals surface area contributed by atoms with Gasteiger partial charge in [0.25, 0.3) is 5.91 Å². The van der Waals surface area contributed by atoms with Crippen molar-refractivity contribution in [2.75, 3.05) is 26.2 Å². The zero-order valence-corrected chi connectivity index (χ0v) is 19.7. The number of carbonyl (C=O) groups excluding carboxylic acids is 2. The molecule has 1 aliphatic rings. The number of hydrogen-bond acceptors (Lipinski definition) is 4. The van der Waals surface area contributed by atoms with Crippen LogP contribution in [-0.2, 0) is 14.8 Å². The van der Waals surface area contributed by atoms with E-state index >= 15 is 0 Å². The molecular weight excluding hydrogens is 476 g/mol. The molecule has 1 fully saturated rings. The summed E-state index contributed by atoms with van der Waals surface area (Å²) in [4.78, 5) is 26.5. The molecule has 178 valence electrons. The summed E-state index contributed by atoms with van der Waals surface area (Å²) in [6.45, 7) is 3.62. The van der Waals surface area contributed by atoms with Crippen LogP contribution in [-0.4, -0.2) is 61.7 Å². The van der Waals surface area contributed by atoms with Crippen LogP contribution in [0.3, 0.4) is 0 Å². The van der Waals surface area contributed by atoms with Crippen molar-refractivity contribution in [3.8, 4) is 0 Å². The van der Waals surface area contributed by atoms with Gasteiger partial charge in [-0.05, 0) is 42.3 Å². The standard InChI is InChI=1S/C22H24ClF2N3O4S/c1-14(2)20(26-21(29)15-3-5-16(23)6-4-15)22(30)27-9-11-28(12-10-27)33(31,32)19-8-7-17(24)13-18(19)25/h3-8,13-14,20H,9-12H2,1-2H3,(H,26,29). The molecule has 0 spiro atoms. The first-order valence-corrected chi connectivity index (χ1v) is 12.1. The molecule has 0 aliphatic carbocycles. The smallest absolute Gasteiger partial charge is 0.251 e. The Morgan fingerprint density at radius 3 is 2.15 bits per heavy atom. The van der Waals surface area contributed by atoms with Crippen molar-refractivity contribution in [2.45, 2.75) is 24.8 Å². The number of rotatable bonds is 6. The summed E-state index contributed by atoms with van der Waals surface area (Å²) in [7, 11) is -4.18. The fourth-order valence-corrected chi connectivity index (χ4v) is 5.10. The number of nitrogens with one attached hydrogen (secondary N) is 1. The van der Waals surface area contributed by atoms with E-state index in [2.05, 4.69) is 5.32 Å². The molecule has 1 unspecified atom stereocenters. The maximum absolute atomic E-state index is 14.0. The van der Waals surface area contributed by atoms with Crippen molar-refractivity contribution >= 4 is 33.4 Å². The van der Waals surface area contributed by atoms with Crippen molar-refractivity contribution in [2.24, 2.45) is 5.92 Å². The molecule has 0 saturated carbocycles. The van der Waals surface area contributed by atoms with Gasteiger partial charge in [0.1, 0.15) is 22.6 Å². The molecule has 1 heterocycles. The van der Waals surface area contributed by atoms with Crippen LogP contribution >= 0.6 is 11.6 Å². The van der Waals surface area contributed by atoms with Crippen LogP contribution < -0.4 is 5.32 Å². The summed E-state index contributed by atoms with van der Waals surface area (Å²) in [6.07, 6.45) is 0. The predicted octanol–water partition coefficient (Wildman–Crippen LogP) is 2.91. The molecule has 3 rings (SSSR count). The van der Waals surface area contributed by atoms with Crippen LogP contribution in [0.25, 0.3) is 0 Å². The number of sulfonamides is 1. The molecule has 1 saturated heterocycles. The average molecular weight is 500 g/mol. The number of halogens is 3. The van der Waals surface area contributed by atoms with Gasteiger partial charge in [-0.25, -0.2) is 17.2 Å². The van der Waals surface area contributed by atoms with Crippen LogP contribution in [0.15, 0.2) is 47.4 Å². The third-order valence-corrected chi connectivity index (χ3v) is 7.57. The minimum atomic E-state index is -4.18. The van der Waals surface area contributed by atoms with Crippen molar-refractivity contribution in [3.05, 3.63) is 64.7 Å². The molecular formula is C22H24ClF2N3O4S. The van der Waals surface area contributed by atoms with Gasteiger partial charge in [0.15, 0.2) is 0 Å². The molecule has 1 aliphatic heterocycles. The Bertz CT molecular complexity index is 1130. The van der Waals surface area contributed by atoms with E-state index in [0.717, 1.165) is 16.4 Å². The van der Waals surface area contributed by atoms with Gasteiger partial charge in [0.2, 0.25) is 15.9 Å². The van der Waals surface area contributed by atoms with Crippen LogP contribution in [0.2, 0.25) is 5.02 Å². The Hall–Kier alpha value is -2.56. The van der Waals surface area contributed by atoms with Crippen molar-refractivity contribution in [3.63, 3.8) is 0 Å². The zero-order valence-electron chi connectivity index (χ0n) is 18.1. The van der Waals surface area contributed by atoms with Gasteiger partial charge in [-0.15, -0.1) is 0 Å². The highest BCUT2D eigenvalue weighted by molar-refractivity contribution is 7.89. The minimum absolute atomic E-state index is 0.0547. The Kier molecular flexibility index (Phi) is 7.71. The average Bonchev–Trinajstić information content (AvgIpc) is 2.77. The van der Waals surface area contributed by atoms with Gasteiger partial charge in [-0.1, -0.05) is 25.4 Å². The highest BCUT2D eigenvalue weighted by Gasteiger charge is 2.35. The summed E-state index contributed by atoms with van der Waals surface area (Å²) in [5.74, 6) is -3.02. The first kappa shape index (κ1) is 25.1. The third-order valence-electron chi connectivity index (χ3n) is 5.39. The fraction of sp³-hybridized carbons (Fsp3) is 0.364. The van der Waals surface area contributed by atoms with Crippen LogP contribution in [0.1, 0.15) is 24.2 Å². The lowest BCUT2D eigenvalue weighted by Gasteiger charge is -2.36. The second kappa shape index (κ2) is 10.1. The topological polar surface area (TPSA) is 86.8 Å². The van der Waals surface area contributed by atoms with Gasteiger partial charge in [-0.3, -0.25) is 9.59 Å². The third kappa shape index (κ3) is 5.69. The van der Waals surface area contributed by atoms with Gasteiger partial charge >= 0.3 is 0 Å². The summed E-state index contributed by atoms with van der Waals surface area (Å²) >= 11 is 5.85. The van der Waals surface area contributed by atoms with Crippen LogP contribution in [0.5, 0.6) is 0 Å². The van der Waals surface area contributed by atoms with Gasteiger partial charge in [0.05, 0.1) is 0 Å². The molecule has 0 bridgehead atoms. The van der Waals surface area contributed by atoms with E-state index in [9.17, 15) is 26.8 Å². The summed E-state index contributed by atoms with van der Waals surface area (Å²) < 4.78 is 53.7. The number of carbonyl (C=O) groups is 2. The summed E-state index contributed by atoms with van der Waals surface area (Å²) in [5.41, 5.74) is 0.357. The maximum Gasteiger partial charge on any atom is 0.251 e. The van der Waals surface area contributed by atoms with Crippen molar-refractivity contribution in [1.82, 2.24) is 14.5 Å². The van der Waals surface area contributed by atoms with Crippen molar-refractivity contribution < 1.29 is 26.8 Å². The lowest BCUT2D eigenvalue weighted by Crippen LogP contribution is -2.57. The Morgan fingerprint density at radius 2 is 1.61 bits per heavy atom. The minimum Gasteiger partial charge on any atom is -0.340 e. The molecule has 1 atom stereocenters. The number of piperazine rings is 1. The second-order valence-electron chi connectivity index (χ2n) is 8.01. The number of benzene rings is 2. The van der Waals surface area contributed by atoms with E-state index in [1.165, 1.54) is 4.90 Å². The van der Waals surface area contributed by atoms with Crippen LogP contribution in [0, 0.1) is 17.6 Å². The largest absolute Gasteiger partial charge is 0.340 e. The van der Waals surface area contributed by atoms with Crippen molar-refractivity contribution in [1.29, 1.82) is 0 Å². The highest BCUT2D eigenvalue weighted by Crippen LogP contribution is 2.22. The van der Waals surface area contributed by atoms with E-state index < -0.39 is 38.5 Å². The molecule has 33 heavy (non-hydrogen) atoms.